The normalized spacial score (nSPS) is 14.8. The summed E-state index contributed by atoms with van der Waals surface area (Å²) in [7, 11) is 1.62. The van der Waals surface area contributed by atoms with Crippen molar-refractivity contribution in [2.45, 2.75) is 13.0 Å². The predicted octanol–water partition coefficient (Wildman–Crippen LogP) is -1.63. The minimum Gasteiger partial charge on any atom is -0.550 e. The second-order valence-corrected chi connectivity index (χ2v) is 2.22. The van der Waals surface area contributed by atoms with E-state index in [2.05, 4.69) is 5.32 Å². The molecule has 0 aromatic heterocycles. The van der Waals surface area contributed by atoms with Gasteiger partial charge in [-0.05, 0) is 14.0 Å². The Kier molecular flexibility index (Phi) is 7.72. The number of aliphatic carboxylic acids is 1. The van der Waals surface area contributed by atoms with E-state index in [0.717, 1.165) is 0 Å². The smallest absolute Gasteiger partial charge is 0.0604 e. The van der Waals surface area contributed by atoms with Crippen molar-refractivity contribution in [3.8, 4) is 0 Å². The quantitative estimate of drug-likeness (QED) is 0.548. The first-order chi connectivity index (χ1) is 4.59. The molecular formula is C6H13ClNO3-. The van der Waals surface area contributed by atoms with Gasteiger partial charge in [0.1, 0.15) is 0 Å². The highest BCUT2D eigenvalue weighted by Gasteiger charge is 2.14. The number of carboxylic acid groups (broad SMARTS) is 1. The molecule has 2 atom stereocenters. The monoisotopic (exact) mass is 182 g/mol. The van der Waals surface area contributed by atoms with Crippen LogP contribution >= 0.6 is 12.4 Å². The van der Waals surface area contributed by atoms with Crippen molar-refractivity contribution in [2.24, 2.45) is 5.92 Å². The van der Waals surface area contributed by atoms with Crippen LogP contribution in [-0.2, 0) is 4.79 Å². The Balaban J connectivity index is 0. The average molecular weight is 183 g/mol. The molecular weight excluding hydrogens is 170 g/mol. The predicted molar refractivity (Wildman–Crippen MR) is 41.4 cm³/mol. The van der Waals surface area contributed by atoms with Crippen LogP contribution in [-0.4, -0.2) is 30.8 Å². The molecule has 5 heteroatoms. The Morgan fingerprint density at radius 2 is 2.18 bits per heavy atom. The molecule has 11 heavy (non-hydrogen) atoms. The van der Waals surface area contributed by atoms with Crippen molar-refractivity contribution in [1.82, 2.24) is 5.32 Å². The summed E-state index contributed by atoms with van der Waals surface area (Å²) < 4.78 is 0. The molecule has 0 aromatic carbocycles. The maximum Gasteiger partial charge on any atom is 0.0604 e. The van der Waals surface area contributed by atoms with Crippen LogP contribution in [0.2, 0.25) is 0 Å². The third kappa shape index (κ3) is 5.01. The number of rotatable bonds is 4. The number of nitrogens with one attached hydrogen (secondary N) is 1. The summed E-state index contributed by atoms with van der Waals surface area (Å²) in [4.78, 5) is 10.2. The van der Waals surface area contributed by atoms with Crippen LogP contribution < -0.4 is 10.4 Å². The van der Waals surface area contributed by atoms with Gasteiger partial charge in [0.2, 0.25) is 0 Å². The van der Waals surface area contributed by atoms with Crippen molar-refractivity contribution in [3.05, 3.63) is 0 Å². The third-order valence-corrected chi connectivity index (χ3v) is 1.31. The molecule has 0 aliphatic rings. The molecule has 0 amide bonds. The van der Waals surface area contributed by atoms with E-state index in [4.69, 9.17) is 5.11 Å². The van der Waals surface area contributed by atoms with Crippen LogP contribution in [0.4, 0.5) is 0 Å². The number of hydrogen-bond acceptors (Lipinski definition) is 4. The van der Waals surface area contributed by atoms with E-state index in [0.29, 0.717) is 0 Å². The summed E-state index contributed by atoms with van der Waals surface area (Å²) in [5, 5.41) is 21.7. The van der Waals surface area contributed by atoms with Gasteiger partial charge in [-0.1, -0.05) is 0 Å². The molecule has 68 valence electrons. The summed E-state index contributed by atoms with van der Waals surface area (Å²) in [6, 6.07) is 0. The van der Waals surface area contributed by atoms with Crippen molar-refractivity contribution >= 4 is 18.4 Å². The van der Waals surface area contributed by atoms with Crippen molar-refractivity contribution in [3.63, 3.8) is 0 Å². The van der Waals surface area contributed by atoms with Gasteiger partial charge in [0.05, 0.1) is 6.10 Å². The van der Waals surface area contributed by atoms with E-state index >= 15 is 0 Å². The first-order valence-corrected chi connectivity index (χ1v) is 3.13. The zero-order valence-corrected chi connectivity index (χ0v) is 7.35. The average Bonchev–Trinajstić information content (AvgIpc) is 1.81. The van der Waals surface area contributed by atoms with E-state index in [1.165, 1.54) is 6.92 Å². The van der Waals surface area contributed by atoms with E-state index < -0.39 is 18.0 Å². The highest BCUT2D eigenvalue weighted by atomic mass is 35.5. The lowest BCUT2D eigenvalue weighted by atomic mass is 10.1. The van der Waals surface area contributed by atoms with Crippen LogP contribution in [0.1, 0.15) is 6.92 Å². The summed E-state index contributed by atoms with van der Waals surface area (Å²) >= 11 is 0. The molecule has 2 N–H and O–H groups in total. The largest absolute Gasteiger partial charge is 0.550 e. The Bertz CT molecular complexity index is 118. The fourth-order valence-corrected chi connectivity index (χ4v) is 0.671. The molecule has 0 rings (SSSR count). The molecule has 0 saturated heterocycles. The van der Waals surface area contributed by atoms with Gasteiger partial charge in [-0.25, -0.2) is 0 Å². The lowest BCUT2D eigenvalue weighted by molar-refractivity contribution is -0.313. The molecule has 0 aliphatic heterocycles. The van der Waals surface area contributed by atoms with Gasteiger partial charge in [0.15, 0.2) is 0 Å². The fraction of sp³-hybridized carbons (Fsp3) is 0.833. The van der Waals surface area contributed by atoms with E-state index in [9.17, 15) is 9.90 Å². The Morgan fingerprint density at radius 1 is 1.73 bits per heavy atom. The van der Waals surface area contributed by atoms with Crippen LogP contribution in [0.5, 0.6) is 0 Å². The SMILES string of the molecule is CNCC(C(=O)[O-])C(C)O.Cl. The maximum atomic E-state index is 10.2. The van der Waals surface area contributed by atoms with Gasteiger partial charge in [0.25, 0.3) is 0 Å². The van der Waals surface area contributed by atoms with Gasteiger partial charge in [-0.3, -0.25) is 0 Å². The molecule has 2 unspecified atom stereocenters. The molecule has 0 aromatic rings. The second-order valence-electron chi connectivity index (χ2n) is 2.22. The van der Waals surface area contributed by atoms with Gasteiger partial charge in [0, 0.05) is 18.4 Å². The van der Waals surface area contributed by atoms with E-state index in [-0.39, 0.29) is 19.0 Å². The minimum atomic E-state index is -1.22. The molecule has 0 fully saturated rings. The summed E-state index contributed by atoms with van der Waals surface area (Å²) in [5.41, 5.74) is 0. The highest BCUT2D eigenvalue weighted by molar-refractivity contribution is 5.85. The first-order valence-electron chi connectivity index (χ1n) is 3.13. The van der Waals surface area contributed by atoms with Crippen LogP contribution in [0.25, 0.3) is 0 Å². The van der Waals surface area contributed by atoms with E-state index in [1.807, 2.05) is 0 Å². The highest BCUT2D eigenvalue weighted by Crippen LogP contribution is 1.99. The Labute approximate surface area is 72.0 Å². The number of halogens is 1. The lowest BCUT2D eigenvalue weighted by Crippen LogP contribution is -2.42. The van der Waals surface area contributed by atoms with Gasteiger partial charge in [-0.2, -0.15) is 0 Å². The number of aliphatic hydroxyl groups is 1. The number of hydrogen-bond donors (Lipinski definition) is 2. The maximum absolute atomic E-state index is 10.2. The van der Waals surface area contributed by atoms with Crippen molar-refractivity contribution < 1.29 is 15.0 Å². The Hall–Kier alpha value is -0.320. The molecule has 0 saturated carbocycles. The molecule has 0 spiro atoms. The third-order valence-electron chi connectivity index (χ3n) is 1.31. The molecule has 0 bridgehead atoms. The molecule has 0 radical (unpaired) electrons. The summed E-state index contributed by atoms with van der Waals surface area (Å²) in [5.74, 6) is -2.03. The second kappa shape index (κ2) is 6.39. The zero-order chi connectivity index (χ0) is 8.15. The molecule has 4 nitrogen and oxygen atoms in total. The van der Waals surface area contributed by atoms with E-state index in [1.54, 1.807) is 7.05 Å². The molecule has 0 aliphatic carbocycles. The Morgan fingerprint density at radius 3 is 2.27 bits per heavy atom. The zero-order valence-electron chi connectivity index (χ0n) is 6.53. The van der Waals surface area contributed by atoms with Crippen LogP contribution in [0.3, 0.4) is 0 Å². The summed E-state index contributed by atoms with van der Waals surface area (Å²) in [6.07, 6.45) is -0.863. The number of carboxylic acids is 1. The van der Waals surface area contributed by atoms with Crippen LogP contribution in [0.15, 0.2) is 0 Å². The number of aliphatic hydroxyl groups excluding tert-OH is 1. The van der Waals surface area contributed by atoms with Crippen molar-refractivity contribution in [2.75, 3.05) is 13.6 Å². The lowest BCUT2D eigenvalue weighted by Gasteiger charge is -2.19. The fourth-order valence-electron chi connectivity index (χ4n) is 0.671. The summed E-state index contributed by atoms with van der Waals surface area (Å²) in [6.45, 7) is 1.66. The van der Waals surface area contributed by atoms with Crippen molar-refractivity contribution in [1.29, 1.82) is 0 Å². The minimum absolute atomic E-state index is 0. The first kappa shape index (κ1) is 13.3. The topological polar surface area (TPSA) is 72.4 Å². The van der Waals surface area contributed by atoms with Gasteiger partial charge >= 0.3 is 0 Å². The standard InChI is InChI=1S/C6H13NO3.ClH/c1-4(8)5(3-7-2)6(9)10;/h4-5,7-8H,3H2,1-2H3,(H,9,10);1H/p-1. The molecule has 0 heterocycles. The number of carbonyl (C=O) groups excluding carboxylic acids is 1. The van der Waals surface area contributed by atoms with Gasteiger partial charge in [-0.15, -0.1) is 12.4 Å². The van der Waals surface area contributed by atoms with Gasteiger partial charge < -0.3 is 20.3 Å². The number of carbonyl (C=O) groups is 1. The van der Waals surface area contributed by atoms with Crippen LogP contribution in [0, 0.1) is 5.92 Å².